The average molecular weight is 300 g/mol. The number of ether oxygens (including phenoxy) is 1. The molecule has 0 aliphatic heterocycles. The lowest BCUT2D eigenvalue weighted by Crippen LogP contribution is -2.08. The Bertz CT molecular complexity index is 875. The van der Waals surface area contributed by atoms with Gasteiger partial charge in [-0.3, -0.25) is 0 Å². The largest absolute Gasteiger partial charge is 0.423 e. The molecular weight excluding hydrogens is 288 g/mol. The standard InChI is InChI=1S/C16H12O4S/c1-9-6-11-15(10(2)8-14(17)19-11)12(7-9)20-16(18)13-4-3-5-21-13/h3-8H,1-2H3. The molecule has 3 aromatic rings. The van der Waals surface area contributed by atoms with E-state index in [-0.39, 0.29) is 0 Å². The summed E-state index contributed by atoms with van der Waals surface area (Å²) in [6.07, 6.45) is 0. The SMILES string of the molecule is Cc1cc(OC(=O)c2cccs2)c2c(C)cc(=O)oc2c1. The van der Waals surface area contributed by atoms with Crippen molar-refractivity contribution >= 4 is 28.3 Å². The van der Waals surface area contributed by atoms with Crippen LogP contribution in [-0.4, -0.2) is 5.97 Å². The predicted octanol–water partition coefficient (Wildman–Crippen LogP) is 3.69. The number of thiophene rings is 1. The lowest BCUT2D eigenvalue weighted by atomic mass is 10.1. The second-order valence-electron chi connectivity index (χ2n) is 4.75. The first-order chi connectivity index (χ1) is 10.0. The Morgan fingerprint density at radius 3 is 2.76 bits per heavy atom. The second kappa shape index (κ2) is 5.18. The number of hydrogen-bond acceptors (Lipinski definition) is 5. The summed E-state index contributed by atoms with van der Waals surface area (Å²) >= 11 is 1.32. The van der Waals surface area contributed by atoms with E-state index in [9.17, 15) is 9.59 Å². The fraction of sp³-hybridized carbons (Fsp3) is 0.125. The van der Waals surface area contributed by atoms with Crippen LogP contribution in [0.3, 0.4) is 0 Å². The molecule has 0 aliphatic carbocycles. The van der Waals surface area contributed by atoms with Gasteiger partial charge in [-0.25, -0.2) is 9.59 Å². The van der Waals surface area contributed by atoms with E-state index in [2.05, 4.69) is 0 Å². The quantitative estimate of drug-likeness (QED) is 0.411. The van der Waals surface area contributed by atoms with E-state index in [1.165, 1.54) is 17.4 Å². The van der Waals surface area contributed by atoms with Gasteiger partial charge in [0.1, 0.15) is 16.2 Å². The van der Waals surface area contributed by atoms with Crippen LogP contribution in [0.5, 0.6) is 5.75 Å². The maximum atomic E-state index is 12.1. The number of rotatable bonds is 2. The summed E-state index contributed by atoms with van der Waals surface area (Å²) in [5, 5.41) is 2.46. The minimum atomic E-state index is -0.416. The van der Waals surface area contributed by atoms with E-state index in [1.807, 2.05) is 12.3 Å². The van der Waals surface area contributed by atoms with Crippen LogP contribution in [0.1, 0.15) is 20.8 Å². The minimum Gasteiger partial charge on any atom is -0.423 e. The summed E-state index contributed by atoms with van der Waals surface area (Å²) in [6, 6.07) is 8.41. The lowest BCUT2D eigenvalue weighted by molar-refractivity contribution is 0.0742. The van der Waals surface area contributed by atoms with Gasteiger partial charge >= 0.3 is 11.6 Å². The van der Waals surface area contributed by atoms with Gasteiger partial charge < -0.3 is 9.15 Å². The van der Waals surface area contributed by atoms with E-state index in [1.54, 1.807) is 31.2 Å². The molecule has 0 amide bonds. The number of carbonyl (C=O) groups is 1. The van der Waals surface area contributed by atoms with E-state index in [4.69, 9.17) is 9.15 Å². The van der Waals surface area contributed by atoms with Crippen LogP contribution in [0.15, 0.2) is 44.9 Å². The molecule has 0 saturated carbocycles. The third kappa shape index (κ3) is 2.60. The van der Waals surface area contributed by atoms with Crippen molar-refractivity contribution in [3.05, 3.63) is 62.1 Å². The molecule has 1 aromatic carbocycles. The first-order valence-electron chi connectivity index (χ1n) is 6.35. The number of carbonyl (C=O) groups excluding carboxylic acids is 1. The molecule has 0 saturated heterocycles. The number of hydrogen-bond donors (Lipinski definition) is 0. The topological polar surface area (TPSA) is 56.5 Å². The maximum Gasteiger partial charge on any atom is 0.353 e. The molecule has 0 unspecified atom stereocenters. The van der Waals surface area contributed by atoms with Crippen LogP contribution >= 0.6 is 11.3 Å². The first kappa shape index (κ1) is 13.6. The van der Waals surface area contributed by atoms with E-state index in [0.29, 0.717) is 21.6 Å². The molecule has 0 aliphatic rings. The Labute approximate surface area is 124 Å². The predicted molar refractivity (Wildman–Crippen MR) is 81.2 cm³/mol. The van der Waals surface area contributed by atoms with Gasteiger partial charge in [0.25, 0.3) is 0 Å². The van der Waals surface area contributed by atoms with Crippen molar-refractivity contribution < 1.29 is 13.9 Å². The van der Waals surface area contributed by atoms with Crippen LogP contribution in [0, 0.1) is 13.8 Å². The summed E-state index contributed by atoms with van der Waals surface area (Å²) in [4.78, 5) is 24.1. The normalized spacial score (nSPS) is 10.8. The third-order valence-electron chi connectivity index (χ3n) is 3.07. The molecule has 5 heteroatoms. The summed E-state index contributed by atoms with van der Waals surface area (Å²) in [5.74, 6) is -0.00727. The minimum absolute atomic E-state index is 0.407. The van der Waals surface area contributed by atoms with Gasteiger partial charge in [0, 0.05) is 6.07 Å². The van der Waals surface area contributed by atoms with E-state index >= 15 is 0 Å². The van der Waals surface area contributed by atoms with Crippen molar-refractivity contribution in [1.29, 1.82) is 0 Å². The van der Waals surface area contributed by atoms with E-state index in [0.717, 1.165) is 11.1 Å². The fourth-order valence-corrected chi connectivity index (χ4v) is 2.80. The van der Waals surface area contributed by atoms with Gasteiger partial charge in [0.2, 0.25) is 0 Å². The Morgan fingerprint density at radius 2 is 2.05 bits per heavy atom. The molecule has 0 N–H and O–H groups in total. The van der Waals surface area contributed by atoms with Crippen LogP contribution < -0.4 is 10.4 Å². The van der Waals surface area contributed by atoms with Gasteiger partial charge in [-0.1, -0.05) is 6.07 Å². The van der Waals surface area contributed by atoms with Crippen molar-refractivity contribution in [3.63, 3.8) is 0 Å². The zero-order valence-electron chi connectivity index (χ0n) is 11.5. The molecular formula is C16H12O4S. The van der Waals surface area contributed by atoms with Crippen LogP contribution in [0.2, 0.25) is 0 Å². The van der Waals surface area contributed by atoms with Crippen LogP contribution in [0.25, 0.3) is 11.0 Å². The number of benzene rings is 1. The summed E-state index contributed by atoms with van der Waals surface area (Å²) < 4.78 is 10.7. The molecule has 2 aromatic heterocycles. The molecule has 0 bridgehead atoms. The molecule has 4 nitrogen and oxygen atoms in total. The molecule has 21 heavy (non-hydrogen) atoms. The molecule has 0 radical (unpaired) electrons. The number of aryl methyl sites for hydroxylation is 2. The molecule has 0 atom stereocenters. The van der Waals surface area contributed by atoms with Gasteiger partial charge in [-0.05, 0) is 48.6 Å². The summed E-state index contributed by atoms with van der Waals surface area (Å²) in [7, 11) is 0. The molecule has 2 heterocycles. The van der Waals surface area contributed by atoms with Crippen molar-refractivity contribution in [2.45, 2.75) is 13.8 Å². The number of esters is 1. The van der Waals surface area contributed by atoms with Gasteiger partial charge in [-0.2, -0.15) is 0 Å². The highest BCUT2D eigenvalue weighted by Crippen LogP contribution is 2.30. The van der Waals surface area contributed by atoms with Crippen molar-refractivity contribution in [3.8, 4) is 5.75 Å². The maximum absolute atomic E-state index is 12.1. The monoisotopic (exact) mass is 300 g/mol. The highest BCUT2D eigenvalue weighted by molar-refractivity contribution is 7.12. The van der Waals surface area contributed by atoms with Gasteiger partial charge in [-0.15, -0.1) is 11.3 Å². The fourth-order valence-electron chi connectivity index (χ4n) is 2.20. The lowest BCUT2D eigenvalue weighted by Gasteiger charge is -2.09. The Hall–Kier alpha value is -2.40. The highest BCUT2D eigenvalue weighted by atomic mass is 32.1. The summed E-state index contributed by atoms with van der Waals surface area (Å²) in [6.45, 7) is 3.64. The van der Waals surface area contributed by atoms with Crippen LogP contribution in [0.4, 0.5) is 0 Å². The molecule has 3 rings (SSSR count). The van der Waals surface area contributed by atoms with Gasteiger partial charge in [0.05, 0.1) is 5.39 Å². The Kier molecular flexibility index (Phi) is 3.35. The first-order valence-corrected chi connectivity index (χ1v) is 7.23. The molecule has 0 spiro atoms. The highest BCUT2D eigenvalue weighted by Gasteiger charge is 2.15. The summed E-state index contributed by atoms with van der Waals surface area (Å²) in [5.41, 5.74) is 1.58. The van der Waals surface area contributed by atoms with Crippen molar-refractivity contribution in [1.82, 2.24) is 0 Å². The number of fused-ring (bicyclic) bond motifs is 1. The Balaban J connectivity index is 2.14. The second-order valence-corrected chi connectivity index (χ2v) is 5.70. The van der Waals surface area contributed by atoms with Crippen molar-refractivity contribution in [2.24, 2.45) is 0 Å². The van der Waals surface area contributed by atoms with E-state index < -0.39 is 11.6 Å². The zero-order valence-corrected chi connectivity index (χ0v) is 12.3. The smallest absolute Gasteiger partial charge is 0.353 e. The van der Waals surface area contributed by atoms with Gasteiger partial charge in [0.15, 0.2) is 0 Å². The molecule has 0 fully saturated rings. The molecule has 106 valence electrons. The Morgan fingerprint density at radius 1 is 1.24 bits per heavy atom. The average Bonchev–Trinajstić information content (AvgIpc) is 2.90. The van der Waals surface area contributed by atoms with Crippen molar-refractivity contribution in [2.75, 3.05) is 0 Å². The third-order valence-corrected chi connectivity index (χ3v) is 3.92. The van der Waals surface area contributed by atoms with Crippen LogP contribution in [-0.2, 0) is 0 Å². The zero-order chi connectivity index (χ0) is 15.0.